The number of fused-ring (bicyclic) bond motifs is 2. The van der Waals surface area contributed by atoms with Crippen molar-refractivity contribution < 1.29 is 14.3 Å². The molecule has 2 amide bonds. The third-order valence-corrected chi connectivity index (χ3v) is 4.53. The number of hydrogen-bond donors (Lipinski definition) is 2. The number of alkyl carbamates (subject to hydrolysis) is 1. The van der Waals surface area contributed by atoms with Gasteiger partial charge in [0.25, 0.3) is 0 Å². The molecule has 0 aliphatic carbocycles. The van der Waals surface area contributed by atoms with Gasteiger partial charge in [-0.05, 0) is 44.9 Å². The molecule has 0 fully saturated rings. The van der Waals surface area contributed by atoms with Gasteiger partial charge in [0.05, 0.1) is 17.7 Å². The van der Waals surface area contributed by atoms with Crippen LogP contribution < -0.4 is 10.6 Å². The minimum Gasteiger partial charge on any atom is -0.444 e. The molecule has 0 aromatic carbocycles. The van der Waals surface area contributed by atoms with Crippen LogP contribution in [0.1, 0.15) is 65.3 Å². The fourth-order valence-electron chi connectivity index (χ4n) is 2.84. The molecule has 27 heavy (non-hydrogen) atoms. The number of pyridine rings is 1. The number of aromatic nitrogens is 1. The molecule has 0 saturated heterocycles. The van der Waals surface area contributed by atoms with E-state index in [1.165, 1.54) is 0 Å². The molecule has 2 bridgehead atoms. The van der Waals surface area contributed by atoms with E-state index in [1.54, 1.807) is 6.20 Å². The number of hydrogen-bond acceptors (Lipinski definition) is 4. The Morgan fingerprint density at radius 3 is 2.74 bits per heavy atom. The Kier molecular flexibility index (Phi) is 6.29. The van der Waals surface area contributed by atoms with E-state index in [9.17, 15) is 9.59 Å². The number of nitrogens with zero attached hydrogens (tertiary/aromatic N) is 1. The van der Waals surface area contributed by atoms with Gasteiger partial charge >= 0.3 is 6.09 Å². The maximum absolute atomic E-state index is 12.3. The monoisotopic (exact) mass is 373 g/mol. The first kappa shape index (κ1) is 20.9. The second-order valence-electron chi connectivity index (χ2n) is 8.72. The van der Waals surface area contributed by atoms with Crippen LogP contribution in [0, 0.1) is 5.92 Å². The summed E-state index contributed by atoms with van der Waals surface area (Å²) >= 11 is 0. The van der Waals surface area contributed by atoms with Crippen LogP contribution in [-0.2, 0) is 14.9 Å². The Morgan fingerprint density at radius 1 is 1.37 bits per heavy atom. The molecule has 1 aromatic rings. The standard InChI is InChI=1S/C21H31N3O3/c1-14-8-7-9-16(24-19(26)27-20(2,3)4)17-12-15(10-11-22-17)21(5,6)13-23-18(14)25/h7-8,10-12,14,16H,9,13H2,1-6H3,(H,23,25)(H,24,26)/t14-,16+/m1/s1. The van der Waals surface area contributed by atoms with Crippen LogP contribution in [0.4, 0.5) is 4.79 Å². The third kappa shape index (κ3) is 6.08. The Hall–Kier alpha value is -2.37. The SMILES string of the molecule is C[C@@H]1C=CC[C@H](NC(=O)OC(C)(C)C)c2cc(ccn2)C(C)(C)CNC1=O. The molecule has 0 unspecified atom stereocenters. The van der Waals surface area contributed by atoms with Crippen molar-refractivity contribution in [1.29, 1.82) is 0 Å². The summed E-state index contributed by atoms with van der Waals surface area (Å²) < 4.78 is 5.40. The lowest BCUT2D eigenvalue weighted by Crippen LogP contribution is -2.39. The van der Waals surface area contributed by atoms with Gasteiger partial charge in [-0.1, -0.05) is 32.9 Å². The zero-order chi connectivity index (χ0) is 20.2. The van der Waals surface area contributed by atoms with Crippen molar-refractivity contribution in [3.8, 4) is 0 Å². The summed E-state index contributed by atoms with van der Waals surface area (Å²) in [4.78, 5) is 29.1. The molecule has 2 rings (SSSR count). The molecule has 6 heteroatoms. The lowest BCUT2D eigenvalue weighted by molar-refractivity contribution is -0.123. The van der Waals surface area contributed by atoms with E-state index in [-0.39, 0.29) is 23.3 Å². The summed E-state index contributed by atoms with van der Waals surface area (Å²) in [6.45, 7) is 12.0. The van der Waals surface area contributed by atoms with Crippen LogP contribution in [0.25, 0.3) is 0 Å². The minimum atomic E-state index is -0.574. The van der Waals surface area contributed by atoms with E-state index in [2.05, 4.69) is 29.5 Å². The minimum absolute atomic E-state index is 0.00849. The van der Waals surface area contributed by atoms with Crippen LogP contribution in [-0.4, -0.2) is 29.1 Å². The predicted molar refractivity (Wildman–Crippen MR) is 105 cm³/mol. The lowest BCUT2D eigenvalue weighted by atomic mass is 9.84. The number of carbonyl (C=O) groups is 2. The largest absolute Gasteiger partial charge is 0.444 e. The molecule has 6 nitrogen and oxygen atoms in total. The first-order chi connectivity index (χ1) is 12.5. The Balaban J connectivity index is 2.35. The highest BCUT2D eigenvalue weighted by molar-refractivity contribution is 5.80. The molecular weight excluding hydrogens is 342 g/mol. The average molecular weight is 373 g/mol. The number of ether oxygens (including phenoxy) is 1. The Labute approximate surface area is 161 Å². The molecule has 0 saturated carbocycles. The van der Waals surface area contributed by atoms with Gasteiger partial charge in [-0.3, -0.25) is 9.78 Å². The first-order valence-corrected chi connectivity index (χ1v) is 9.38. The molecular formula is C21H31N3O3. The van der Waals surface area contributed by atoms with Crippen molar-refractivity contribution >= 4 is 12.0 Å². The average Bonchev–Trinajstić information content (AvgIpc) is 2.56. The fraction of sp³-hybridized carbons (Fsp3) is 0.571. The van der Waals surface area contributed by atoms with Crippen molar-refractivity contribution in [1.82, 2.24) is 15.6 Å². The molecule has 1 aliphatic heterocycles. The van der Waals surface area contributed by atoms with E-state index < -0.39 is 11.7 Å². The molecule has 2 N–H and O–H groups in total. The smallest absolute Gasteiger partial charge is 0.408 e. The van der Waals surface area contributed by atoms with E-state index in [0.29, 0.717) is 13.0 Å². The Morgan fingerprint density at radius 2 is 2.07 bits per heavy atom. The maximum atomic E-state index is 12.3. The van der Waals surface area contributed by atoms with Gasteiger partial charge in [-0.2, -0.15) is 0 Å². The van der Waals surface area contributed by atoms with Crippen molar-refractivity contribution in [2.45, 2.75) is 65.0 Å². The summed E-state index contributed by atoms with van der Waals surface area (Å²) in [6, 6.07) is 3.61. The van der Waals surface area contributed by atoms with Crippen molar-refractivity contribution in [2.24, 2.45) is 5.92 Å². The number of rotatable bonds is 1. The number of nitrogens with one attached hydrogen (secondary N) is 2. The molecule has 2 atom stereocenters. The quantitative estimate of drug-likeness (QED) is 0.737. The highest BCUT2D eigenvalue weighted by Crippen LogP contribution is 2.26. The predicted octanol–water partition coefficient (Wildman–Crippen LogP) is 3.64. The summed E-state index contributed by atoms with van der Waals surface area (Å²) in [5, 5.41) is 5.93. The van der Waals surface area contributed by atoms with Gasteiger partial charge in [0, 0.05) is 18.2 Å². The number of amides is 2. The molecule has 0 spiro atoms. The van der Waals surface area contributed by atoms with Crippen LogP contribution in [0.5, 0.6) is 0 Å². The van der Waals surface area contributed by atoms with Gasteiger partial charge in [0.1, 0.15) is 5.60 Å². The van der Waals surface area contributed by atoms with Gasteiger partial charge in [0.15, 0.2) is 0 Å². The summed E-state index contributed by atoms with van der Waals surface area (Å²) in [6.07, 6.45) is 5.56. The van der Waals surface area contributed by atoms with Crippen molar-refractivity contribution in [3.63, 3.8) is 0 Å². The zero-order valence-corrected chi connectivity index (χ0v) is 17.1. The number of carbonyl (C=O) groups excluding carboxylic acids is 2. The zero-order valence-electron chi connectivity index (χ0n) is 17.1. The Bertz CT molecular complexity index is 720. The van der Waals surface area contributed by atoms with E-state index in [0.717, 1.165) is 11.3 Å². The van der Waals surface area contributed by atoms with Gasteiger partial charge in [-0.25, -0.2) is 4.79 Å². The highest BCUT2D eigenvalue weighted by atomic mass is 16.6. The van der Waals surface area contributed by atoms with Crippen LogP contribution in [0.3, 0.4) is 0 Å². The summed E-state index contributed by atoms with van der Waals surface area (Å²) in [5.41, 5.74) is 0.998. The lowest BCUT2D eigenvalue weighted by Gasteiger charge is -2.28. The molecule has 148 valence electrons. The first-order valence-electron chi connectivity index (χ1n) is 9.38. The second-order valence-corrected chi connectivity index (χ2v) is 8.72. The molecule has 0 radical (unpaired) electrons. The molecule has 1 aliphatic rings. The topological polar surface area (TPSA) is 80.3 Å². The van der Waals surface area contributed by atoms with Crippen molar-refractivity contribution in [2.75, 3.05) is 6.54 Å². The van der Waals surface area contributed by atoms with Crippen LogP contribution >= 0.6 is 0 Å². The van der Waals surface area contributed by atoms with Gasteiger partial charge in [0.2, 0.25) is 5.91 Å². The molecule has 1 aromatic heterocycles. The summed E-state index contributed by atoms with van der Waals surface area (Å²) in [5.74, 6) is -0.250. The van der Waals surface area contributed by atoms with E-state index >= 15 is 0 Å². The third-order valence-electron chi connectivity index (χ3n) is 4.53. The van der Waals surface area contributed by atoms with Gasteiger partial charge in [-0.15, -0.1) is 0 Å². The highest BCUT2D eigenvalue weighted by Gasteiger charge is 2.26. The van der Waals surface area contributed by atoms with E-state index in [4.69, 9.17) is 4.74 Å². The molecule has 2 heterocycles. The van der Waals surface area contributed by atoms with Crippen LogP contribution in [0.15, 0.2) is 30.5 Å². The maximum Gasteiger partial charge on any atom is 0.408 e. The second kappa shape index (κ2) is 8.11. The van der Waals surface area contributed by atoms with Crippen molar-refractivity contribution in [3.05, 3.63) is 41.7 Å². The van der Waals surface area contributed by atoms with E-state index in [1.807, 2.05) is 52.0 Å². The van der Waals surface area contributed by atoms with Crippen LogP contribution in [0.2, 0.25) is 0 Å². The normalized spacial score (nSPS) is 22.8. The van der Waals surface area contributed by atoms with Gasteiger partial charge < -0.3 is 15.4 Å². The summed E-state index contributed by atoms with van der Waals surface area (Å²) in [7, 11) is 0. The fourth-order valence-corrected chi connectivity index (χ4v) is 2.84.